The summed E-state index contributed by atoms with van der Waals surface area (Å²) in [5.74, 6) is -0.312. The minimum Gasteiger partial charge on any atom is -0.318 e. The second-order valence-corrected chi connectivity index (χ2v) is 5.99. The zero-order valence-corrected chi connectivity index (χ0v) is 10.5. The van der Waals surface area contributed by atoms with Crippen LogP contribution in [0.4, 0.5) is 13.2 Å². The minimum atomic E-state index is -4.49. The topological polar surface area (TPSA) is 42.7 Å². The summed E-state index contributed by atoms with van der Waals surface area (Å²) in [5.41, 5.74) is 2.72. The van der Waals surface area contributed by atoms with Crippen LogP contribution in [0.5, 0.6) is 0 Å². The Hall–Kier alpha value is -0.920. The number of aromatic nitrogens is 3. The normalized spacial score (nSPS) is 20.9. The van der Waals surface area contributed by atoms with Gasteiger partial charge in [-0.2, -0.15) is 13.2 Å². The van der Waals surface area contributed by atoms with Gasteiger partial charge in [-0.15, -0.1) is 10.2 Å². The molecule has 0 bridgehead atoms. The van der Waals surface area contributed by atoms with Crippen molar-refractivity contribution in [2.24, 2.45) is 5.41 Å². The molecule has 8 heteroatoms. The molecule has 0 aromatic carbocycles. The molecule has 2 rings (SSSR count). The summed E-state index contributed by atoms with van der Waals surface area (Å²) in [5, 5.41) is 6.99. The second kappa shape index (κ2) is 3.79. The first-order chi connectivity index (χ1) is 7.69. The molecule has 1 aromatic rings. The summed E-state index contributed by atoms with van der Waals surface area (Å²) < 4.78 is 38.9. The highest BCUT2D eigenvalue weighted by molar-refractivity contribution is 7.99. The lowest BCUT2D eigenvalue weighted by Crippen LogP contribution is -2.44. The molecule has 1 aliphatic heterocycles. The molecule has 96 valence electrons. The Kier molecular flexibility index (Phi) is 2.80. The molecular weight excluding hydrogens is 253 g/mol. The molecule has 4 nitrogen and oxygen atoms in total. The van der Waals surface area contributed by atoms with E-state index in [2.05, 4.69) is 15.6 Å². The smallest absolute Gasteiger partial charge is 0.318 e. The molecule has 1 aliphatic rings. The molecule has 1 atom stereocenters. The number of thioether (sulfide) groups is 1. The Morgan fingerprint density at radius 1 is 1.29 bits per heavy atom. The van der Waals surface area contributed by atoms with Gasteiger partial charge in [0, 0.05) is 5.75 Å². The summed E-state index contributed by atoms with van der Waals surface area (Å²) in [4.78, 5) is 0. The van der Waals surface area contributed by atoms with Gasteiger partial charge in [-0.25, -0.2) is 4.68 Å². The summed E-state index contributed by atoms with van der Waals surface area (Å²) in [6.45, 7) is 5.94. The van der Waals surface area contributed by atoms with Crippen molar-refractivity contribution in [1.82, 2.24) is 14.9 Å². The van der Waals surface area contributed by atoms with E-state index in [4.69, 9.17) is 0 Å². The van der Waals surface area contributed by atoms with Gasteiger partial charge in [0.2, 0.25) is 5.16 Å². The minimum absolute atomic E-state index is 0.0582. The number of halogens is 3. The summed E-state index contributed by atoms with van der Waals surface area (Å²) in [6, 6.07) is -0.0582. The lowest BCUT2D eigenvalue weighted by molar-refractivity contribution is -0.147. The van der Waals surface area contributed by atoms with Crippen LogP contribution in [0.25, 0.3) is 0 Å². The van der Waals surface area contributed by atoms with Gasteiger partial charge in [-0.1, -0.05) is 32.5 Å². The lowest BCUT2D eigenvalue weighted by Gasteiger charge is -2.35. The van der Waals surface area contributed by atoms with Crippen molar-refractivity contribution in [1.29, 1.82) is 0 Å². The molecule has 0 fully saturated rings. The fraction of sp³-hybridized carbons (Fsp3) is 0.778. The van der Waals surface area contributed by atoms with Crippen molar-refractivity contribution in [2.75, 3.05) is 11.2 Å². The van der Waals surface area contributed by atoms with Crippen LogP contribution in [0.15, 0.2) is 5.16 Å². The molecule has 1 unspecified atom stereocenters. The van der Waals surface area contributed by atoms with Gasteiger partial charge in [0.05, 0.1) is 6.04 Å². The molecular formula is C9H13F3N4S. The Labute approximate surface area is 101 Å². The number of rotatable bonds is 0. The Morgan fingerprint density at radius 2 is 1.94 bits per heavy atom. The first-order valence-electron chi connectivity index (χ1n) is 5.11. The third-order valence-corrected chi connectivity index (χ3v) is 3.62. The number of hydrogen-bond donors (Lipinski definition) is 1. The van der Waals surface area contributed by atoms with Gasteiger partial charge in [-0.05, 0) is 5.41 Å². The van der Waals surface area contributed by atoms with Gasteiger partial charge < -0.3 is 5.43 Å². The summed E-state index contributed by atoms with van der Waals surface area (Å²) in [7, 11) is 0. The van der Waals surface area contributed by atoms with Crippen LogP contribution in [0.3, 0.4) is 0 Å². The van der Waals surface area contributed by atoms with Crippen LogP contribution in [-0.4, -0.2) is 26.7 Å². The van der Waals surface area contributed by atoms with E-state index in [1.54, 1.807) is 0 Å². The molecule has 0 radical (unpaired) electrons. The highest BCUT2D eigenvalue weighted by atomic mass is 32.2. The second-order valence-electron chi connectivity index (χ2n) is 5.00. The van der Waals surface area contributed by atoms with E-state index in [-0.39, 0.29) is 16.6 Å². The molecule has 1 N–H and O–H groups in total. The zero-order chi connectivity index (χ0) is 12.8. The third-order valence-electron chi connectivity index (χ3n) is 2.60. The summed E-state index contributed by atoms with van der Waals surface area (Å²) >= 11 is 1.29. The maximum atomic E-state index is 12.7. The molecule has 17 heavy (non-hydrogen) atoms. The maximum absolute atomic E-state index is 12.7. The van der Waals surface area contributed by atoms with Crippen LogP contribution in [0, 0.1) is 5.41 Å². The molecule has 0 spiro atoms. The van der Waals surface area contributed by atoms with E-state index in [9.17, 15) is 13.2 Å². The van der Waals surface area contributed by atoms with Crippen LogP contribution < -0.4 is 5.43 Å². The van der Waals surface area contributed by atoms with Gasteiger partial charge in [0.25, 0.3) is 5.82 Å². The average molecular weight is 266 g/mol. The number of hydrogen-bond acceptors (Lipinski definition) is 4. The molecule has 0 amide bonds. The Balaban J connectivity index is 2.33. The quantitative estimate of drug-likeness (QED) is 0.783. The number of nitrogens with zero attached hydrogens (tertiary/aromatic N) is 3. The molecule has 1 aromatic heterocycles. The number of fused-ring (bicyclic) bond motifs is 1. The SMILES string of the molecule is CC(C)(C)C1CSc2nnc(C(F)(F)F)n2N1. The predicted molar refractivity (Wildman–Crippen MR) is 58.4 cm³/mol. The Morgan fingerprint density at radius 3 is 2.47 bits per heavy atom. The van der Waals surface area contributed by atoms with Crippen molar-refractivity contribution in [3.05, 3.63) is 5.82 Å². The van der Waals surface area contributed by atoms with E-state index < -0.39 is 12.0 Å². The standard InChI is InChI=1S/C9H13F3N4S/c1-8(2,3)5-4-17-7-14-13-6(9(10,11)12)16(7)15-5/h5,15H,4H2,1-3H3. The first-order valence-corrected chi connectivity index (χ1v) is 6.10. The number of nitrogens with one attached hydrogen (secondary N) is 1. The molecule has 0 saturated carbocycles. The van der Waals surface area contributed by atoms with E-state index in [0.717, 1.165) is 4.68 Å². The lowest BCUT2D eigenvalue weighted by atomic mass is 9.88. The molecule has 0 saturated heterocycles. The van der Waals surface area contributed by atoms with Crippen molar-refractivity contribution in [2.45, 2.75) is 38.1 Å². The zero-order valence-electron chi connectivity index (χ0n) is 9.67. The molecule has 2 heterocycles. The fourth-order valence-electron chi connectivity index (χ4n) is 1.46. The van der Waals surface area contributed by atoms with E-state index in [1.807, 2.05) is 20.8 Å². The van der Waals surface area contributed by atoms with Crippen molar-refractivity contribution in [3.8, 4) is 0 Å². The van der Waals surface area contributed by atoms with Crippen LogP contribution in [0.1, 0.15) is 26.6 Å². The third kappa shape index (κ3) is 2.36. The van der Waals surface area contributed by atoms with E-state index in [0.29, 0.717) is 5.75 Å². The number of alkyl halides is 3. The largest absolute Gasteiger partial charge is 0.453 e. The van der Waals surface area contributed by atoms with E-state index >= 15 is 0 Å². The maximum Gasteiger partial charge on any atom is 0.453 e. The van der Waals surface area contributed by atoms with Gasteiger partial charge in [0.15, 0.2) is 0 Å². The van der Waals surface area contributed by atoms with Crippen molar-refractivity contribution in [3.63, 3.8) is 0 Å². The highest BCUT2D eigenvalue weighted by Gasteiger charge is 2.41. The molecule has 0 aliphatic carbocycles. The predicted octanol–water partition coefficient (Wildman–Crippen LogP) is 2.36. The van der Waals surface area contributed by atoms with Crippen LogP contribution in [0.2, 0.25) is 0 Å². The van der Waals surface area contributed by atoms with Crippen LogP contribution >= 0.6 is 11.8 Å². The summed E-state index contributed by atoms with van der Waals surface area (Å²) in [6.07, 6.45) is -4.49. The fourth-order valence-corrected chi connectivity index (χ4v) is 2.72. The van der Waals surface area contributed by atoms with Crippen molar-refractivity contribution < 1.29 is 13.2 Å². The van der Waals surface area contributed by atoms with Gasteiger partial charge >= 0.3 is 6.18 Å². The van der Waals surface area contributed by atoms with Crippen LogP contribution in [-0.2, 0) is 6.18 Å². The average Bonchev–Trinajstić information content (AvgIpc) is 2.57. The monoisotopic (exact) mass is 266 g/mol. The van der Waals surface area contributed by atoms with E-state index in [1.165, 1.54) is 11.8 Å². The van der Waals surface area contributed by atoms with Gasteiger partial charge in [-0.3, -0.25) is 0 Å². The Bertz CT molecular complexity index is 421. The first kappa shape index (κ1) is 12.5. The van der Waals surface area contributed by atoms with Crippen molar-refractivity contribution >= 4 is 11.8 Å². The van der Waals surface area contributed by atoms with Gasteiger partial charge in [0.1, 0.15) is 0 Å². The highest BCUT2D eigenvalue weighted by Crippen LogP contribution is 2.35.